The Kier molecular flexibility index (Phi) is 7.25. The van der Waals surface area contributed by atoms with E-state index in [1.54, 1.807) is 6.92 Å². The zero-order valence-corrected chi connectivity index (χ0v) is 24.1. The van der Waals surface area contributed by atoms with Crippen molar-refractivity contribution in [3.63, 3.8) is 0 Å². The fourth-order valence-electron chi connectivity index (χ4n) is 9.97. The van der Waals surface area contributed by atoms with Crippen LogP contribution in [-0.4, -0.2) is 92.0 Å². The third-order valence-corrected chi connectivity index (χ3v) is 12.4. The number of carbonyl (C=O) groups excluding carboxylic acids is 1. The number of aliphatic hydroxyl groups is 6. The highest BCUT2D eigenvalue weighted by Gasteiger charge is 2.70. The highest BCUT2D eigenvalue weighted by Crippen LogP contribution is 2.74. The Morgan fingerprint density at radius 3 is 2.28 bits per heavy atom. The molecule has 0 bridgehead atoms. The largest absolute Gasteiger partial charge is 0.394 e. The Morgan fingerprint density at radius 1 is 1.00 bits per heavy atom. The predicted octanol–water partition coefficient (Wildman–Crippen LogP) is 1.31. The van der Waals surface area contributed by atoms with Crippen molar-refractivity contribution < 1.29 is 44.9 Å². The van der Waals surface area contributed by atoms with Crippen molar-refractivity contribution in [1.29, 1.82) is 0 Å². The summed E-state index contributed by atoms with van der Waals surface area (Å²) < 4.78 is 11.8. The minimum absolute atomic E-state index is 0.0549. The summed E-state index contributed by atoms with van der Waals surface area (Å²) in [7, 11) is 0. The van der Waals surface area contributed by atoms with Crippen LogP contribution in [0.15, 0.2) is 11.6 Å². The summed E-state index contributed by atoms with van der Waals surface area (Å²) in [4.78, 5) is 12.7. The van der Waals surface area contributed by atoms with Gasteiger partial charge in [0.15, 0.2) is 6.29 Å². The predicted molar refractivity (Wildman–Crippen MR) is 141 cm³/mol. The van der Waals surface area contributed by atoms with Gasteiger partial charge in [-0.1, -0.05) is 46.3 Å². The van der Waals surface area contributed by atoms with Gasteiger partial charge in [0, 0.05) is 11.3 Å². The van der Waals surface area contributed by atoms with E-state index in [1.165, 1.54) is 5.57 Å². The molecule has 0 aromatic carbocycles. The number of hydrogen-bond donors (Lipinski definition) is 6. The van der Waals surface area contributed by atoms with Crippen LogP contribution in [0, 0.1) is 39.4 Å². The second kappa shape index (κ2) is 9.56. The molecule has 0 radical (unpaired) electrons. The van der Waals surface area contributed by atoms with Crippen molar-refractivity contribution in [1.82, 2.24) is 0 Å². The smallest absolute Gasteiger partial charge is 0.187 e. The summed E-state index contributed by atoms with van der Waals surface area (Å²) in [5.41, 5.74) is -0.154. The molecule has 0 aromatic heterocycles. The number of ketones is 1. The van der Waals surface area contributed by atoms with E-state index in [9.17, 15) is 35.4 Å². The molecule has 3 saturated carbocycles. The fourth-order valence-corrected chi connectivity index (χ4v) is 9.97. The SMILES string of the molecule is CC(=O)[C@H]1[C@H](O)C[C@@]2(C)[C@@H]3CC=C4[C@@H](C[C@H](O[C@@H]5O[C@H](CO)[C@@H](O)[C@H](O)[C@H]5O)[C@H](O)C4(C)C)[C@]3(C)CC[C@]12C. The van der Waals surface area contributed by atoms with Gasteiger partial charge < -0.3 is 40.1 Å². The van der Waals surface area contributed by atoms with Crippen LogP contribution in [0.25, 0.3) is 0 Å². The highest BCUT2D eigenvalue weighted by atomic mass is 16.7. The first-order valence-corrected chi connectivity index (χ1v) is 14.6. The van der Waals surface area contributed by atoms with Crippen LogP contribution in [0.2, 0.25) is 0 Å². The lowest BCUT2D eigenvalue weighted by Gasteiger charge is -2.66. The van der Waals surface area contributed by atoms with E-state index in [2.05, 4.69) is 26.8 Å². The van der Waals surface area contributed by atoms with Gasteiger partial charge in [0.2, 0.25) is 0 Å². The minimum atomic E-state index is -1.55. The van der Waals surface area contributed by atoms with Crippen LogP contribution >= 0.6 is 0 Å². The molecule has 1 saturated heterocycles. The number of Topliss-reactive ketones (excluding diaryl/α,β-unsaturated/α-hetero) is 1. The molecular weight excluding hydrogens is 504 g/mol. The van der Waals surface area contributed by atoms with Gasteiger partial charge in [-0.05, 0) is 67.1 Å². The minimum Gasteiger partial charge on any atom is -0.394 e. The average Bonchev–Trinajstić information content (AvgIpc) is 3.07. The lowest BCUT2D eigenvalue weighted by atomic mass is 9.39. The molecule has 5 aliphatic rings. The summed E-state index contributed by atoms with van der Waals surface area (Å²) in [6, 6.07) is 0. The second-order valence-corrected chi connectivity index (χ2v) is 14.5. The van der Waals surface area contributed by atoms with Crippen LogP contribution in [0.5, 0.6) is 0 Å². The fraction of sp³-hybridized carbons (Fsp3) is 0.900. The standard InChI is InChI=1S/C30H48O9/c1-14(32)21-17(33)12-30(6)20-8-7-15-16(28(20,4)9-10-29(21,30)5)11-18(25(37)27(15,2)3)38-26-24(36)23(35)22(34)19(13-31)39-26/h7,16-26,31,33-37H,8-13H2,1-6H3/t16-,17-,18+,19-,20-,21+,22-,23+,24-,25+,26-,28+,29-,30+/m1/s1. The quantitative estimate of drug-likeness (QED) is 0.283. The molecule has 0 aromatic rings. The van der Waals surface area contributed by atoms with E-state index in [0.717, 1.165) is 19.3 Å². The number of hydrogen-bond acceptors (Lipinski definition) is 9. The Bertz CT molecular complexity index is 1010. The molecule has 5 rings (SSSR count). The summed E-state index contributed by atoms with van der Waals surface area (Å²) in [5.74, 6) is -0.0431. The monoisotopic (exact) mass is 552 g/mol. The maximum atomic E-state index is 12.7. The number of fused-ring (bicyclic) bond motifs is 5. The summed E-state index contributed by atoms with van der Waals surface area (Å²) >= 11 is 0. The topological polar surface area (TPSA) is 157 Å². The maximum absolute atomic E-state index is 12.7. The zero-order chi connectivity index (χ0) is 28.9. The lowest BCUT2D eigenvalue weighted by Crippen LogP contribution is -2.63. The highest BCUT2D eigenvalue weighted by molar-refractivity contribution is 5.80. The lowest BCUT2D eigenvalue weighted by molar-refractivity contribution is -0.324. The molecule has 39 heavy (non-hydrogen) atoms. The molecule has 4 aliphatic carbocycles. The molecule has 222 valence electrons. The van der Waals surface area contributed by atoms with Gasteiger partial charge in [0.25, 0.3) is 0 Å². The Balaban J connectivity index is 1.47. The van der Waals surface area contributed by atoms with Gasteiger partial charge in [-0.25, -0.2) is 0 Å². The van der Waals surface area contributed by atoms with Gasteiger partial charge in [0.05, 0.1) is 24.9 Å². The molecular formula is C30H48O9. The maximum Gasteiger partial charge on any atom is 0.187 e. The van der Waals surface area contributed by atoms with Crippen molar-refractivity contribution in [3.05, 3.63) is 11.6 Å². The molecule has 4 fully saturated rings. The molecule has 0 amide bonds. The Labute approximate surface area is 231 Å². The number of ether oxygens (including phenoxy) is 2. The van der Waals surface area contributed by atoms with Crippen molar-refractivity contribution in [2.24, 2.45) is 39.4 Å². The molecule has 1 aliphatic heterocycles. The zero-order valence-electron chi connectivity index (χ0n) is 24.1. The van der Waals surface area contributed by atoms with Crippen LogP contribution in [0.1, 0.15) is 73.6 Å². The van der Waals surface area contributed by atoms with E-state index in [-0.39, 0.29) is 39.8 Å². The number of carbonyl (C=O) groups is 1. The molecule has 9 nitrogen and oxygen atoms in total. The first-order valence-electron chi connectivity index (χ1n) is 14.6. The van der Waals surface area contributed by atoms with E-state index in [4.69, 9.17) is 9.47 Å². The van der Waals surface area contributed by atoms with Crippen LogP contribution in [0.4, 0.5) is 0 Å². The third kappa shape index (κ3) is 3.98. The van der Waals surface area contributed by atoms with Crippen LogP contribution in [0.3, 0.4) is 0 Å². The van der Waals surface area contributed by atoms with Crippen LogP contribution in [-0.2, 0) is 14.3 Å². The van der Waals surface area contributed by atoms with Crippen molar-refractivity contribution >= 4 is 5.78 Å². The first kappa shape index (κ1) is 29.6. The van der Waals surface area contributed by atoms with E-state index in [0.29, 0.717) is 12.8 Å². The van der Waals surface area contributed by atoms with Crippen molar-refractivity contribution in [2.75, 3.05) is 6.61 Å². The van der Waals surface area contributed by atoms with Crippen molar-refractivity contribution in [3.8, 4) is 0 Å². The van der Waals surface area contributed by atoms with Gasteiger partial charge in [-0.2, -0.15) is 0 Å². The number of allylic oxidation sites excluding steroid dienone is 1. The van der Waals surface area contributed by atoms with E-state index >= 15 is 0 Å². The molecule has 14 atom stereocenters. The molecule has 9 heteroatoms. The summed E-state index contributed by atoms with van der Waals surface area (Å²) in [5, 5.41) is 63.3. The second-order valence-electron chi connectivity index (χ2n) is 14.5. The van der Waals surface area contributed by atoms with Gasteiger partial charge in [-0.15, -0.1) is 0 Å². The van der Waals surface area contributed by atoms with Crippen molar-refractivity contribution in [2.45, 2.75) is 123 Å². The first-order chi connectivity index (χ1) is 18.0. The molecule has 0 spiro atoms. The van der Waals surface area contributed by atoms with Gasteiger partial charge in [-0.3, -0.25) is 4.79 Å². The van der Waals surface area contributed by atoms with Crippen LogP contribution < -0.4 is 0 Å². The number of aliphatic hydroxyl groups excluding tert-OH is 6. The Hall–Kier alpha value is -0.910. The van der Waals surface area contributed by atoms with E-state index in [1.807, 2.05) is 13.8 Å². The van der Waals surface area contributed by atoms with Gasteiger partial charge in [0.1, 0.15) is 30.2 Å². The van der Waals surface area contributed by atoms with Gasteiger partial charge >= 0.3 is 0 Å². The third-order valence-electron chi connectivity index (χ3n) is 12.4. The molecule has 6 N–H and O–H groups in total. The number of rotatable bonds is 4. The summed E-state index contributed by atoms with van der Waals surface area (Å²) in [6.45, 7) is 11.8. The Morgan fingerprint density at radius 2 is 1.67 bits per heavy atom. The molecule has 0 unspecified atom stereocenters. The van der Waals surface area contributed by atoms with E-state index < -0.39 is 61.0 Å². The molecule has 1 heterocycles. The summed E-state index contributed by atoms with van der Waals surface area (Å²) in [6.07, 6.45) is -3.42. The average molecular weight is 553 g/mol. The normalized spacial score (nSPS) is 54.8.